The van der Waals surface area contributed by atoms with Gasteiger partial charge < -0.3 is 5.73 Å². The summed E-state index contributed by atoms with van der Waals surface area (Å²) in [5.74, 6) is -0.105. The standard InChI is InChI=1S/C26H29N3O/c1-29(19-20-14-16-28-17-15-20)24-13-12-23(18-24)26(25(27)30,21-8-4-2-5-9-21)22-10-6-3-7-11-22/h2-11,14-17,23-24H,12-13,18-19H2,1H3,(H2,27,30). The highest BCUT2D eigenvalue weighted by atomic mass is 16.1. The summed E-state index contributed by atoms with van der Waals surface area (Å²) >= 11 is 0. The lowest BCUT2D eigenvalue weighted by atomic mass is 9.64. The van der Waals surface area contributed by atoms with Crippen LogP contribution >= 0.6 is 0 Å². The van der Waals surface area contributed by atoms with Crippen LogP contribution in [0.1, 0.15) is 36.0 Å². The normalized spacial score (nSPS) is 19.1. The minimum atomic E-state index is -0.811. The quantitative estimate of drug-likeness (QED) is 0.649. The number of aromatic nitrogens is 1. The number of carbonyl (C=O) groups is 1. The fourth-order valence-electron chi connectivity index (χ4n) is 5.18. The fourth-order valence-corrected chi connectivity index (χ4v) is 5.18. The van der Waals surface area contributed by atoms with Crippen molar-refractivity contribution in [1.82, 2.24) is 9.88 Å². The molecule has 1 amide bonds. The van der Waals surface area contributed by atoms with Crippen LogP contribution in [0.2, 0.25) is 0 Å². The van der Waals surface area contributed by atoms with Crippen molar-refractivity contribution in [1.29, 1.82) is 0 Å². The Balaban J connectivity index is 1.66. The highest BCUT2D eigenvalue weighted by molar-refractivity contribution is 5.91. The van der Waals surface area contributed by atoms with Crippen LogP contribution in [-0.2, 0) is 16.8 Å². The van der Waals surface area contributed by atoms with E-state index in [0.29, 0.717) is 6.04 Å². The van der Waals surface area contributed by atoms with Crippen molar-refractivity contribution in [3.05, 3.63) is 102 Å². The molecule has 2 aromatic carbocycles. The smallest absolute Gasteiger partial charge is 0.232 e. The Morgan fingerprint density at radius 2 is 1.53 bits per heavy atom. The predicted molar refractivity (Wildman–Crippen MR) is 120 cm³/mol. The van der Waals surface area contributed by atoms with Crippen LogP contribution in [0.4, 0.5) is 0 Å². The van der Waals surface area contributed by atoms with E-state index in [1.165, 1.54) is 5.56 Å². The average Bonchev–Trinajstić information content (AvgIpc) is 3.27. The molecule has 0 radical (unpaired) electrons. The average molecular weight is 400 g/mol. The molecule has 0 bridgehead atoms. The highest BCUT2D eigenvalue weighted by Gasteiger charge is 2.50. The van der Waals surface area contributed by atoms with E-state index in [9.17, 15) is 4.79 Å². The Labute approximate surface area is 178 Å². The zero-order chi connectivity index (χ0) is 21.0. The molecule has 0 spiro atoms. The minimum absolute atomic E-state index is 0.157. The van der Waals surface area contributed by atoms with Crippen LogP contribution in [0.15, 0.2) is 85.2 Å². The van der Waals surface area contributed by atoms with Gasteiger partial charge in [-0.25, -0.2) is 0 Å². The highest BCUT2D eigenvalue weighted by Crippen LogP contribution is 2.47. The van der Waals surface area contributed by atoms with Gasteiger partial charge in [0.2, 0.25) is 5.91 Å². The van der Waals surface area contributed by atoms with Gasteiger partial charge in [-0.3, -0.25) is 14.7 Å². The molecule has 2 unspecified atom stereocenters. The molecule has 154 valence electrons. The van der Waals surface area contributed by atoms with Crippen molar-refractivity contribution >= 4 is 5.91 Å². The fraction of sp³-hybridized carbons (Fsp3) is 0.308. The molecule has 2 atom stereocenters. The first-order valence-corrected chi connectivity index (χ1v) is 10.6. The van der Waals surface area contributed by atoms with Gasteiger partial charge in [0.15, 0.2) is 0 Å². The summed E-state index contributed by atoms with van der Waals surface area (Å²) in [5, 5.41) is 0. The number of benzene rings is 2. The maximum Gasteiger partial charge on any atom is 0.232 e. The molecule has 1 aliphatic carbocycles. The molecule has 1 heterocycles. The van der Waals surface area contributed by atoms with E-state index in [4.69, 9.17) is 5.73 Å². The maximum atomic E-state index is 13.2. The molecule has 3 aromatic rings. The van der Waals surface area contributed by atoms with Crippen molar-refractivity contribution in [2.45, 2.75) is 37.3 Å². The van der Waals surface area contributed by atoms with Gasteiger partial charge >= 0.3 is 0 Å². The molecule has 2 N–H and O–H groups in total. The van der Waals surface area contributed by atoms with Crippen LogP contribution in [0, 0.1) is 5.92 Å². The summed E-state index contributed by atoms with van der Waals surface area (Å²) in [6.45, 7) is 0.875. The molecule has 30 heavy (non-hydrogen) atoms. The Hall–Kier alpha value is -2.98. The summed E-state index contributed by atoms with van der Waals surface area (Å²) < 4.78 is 0. The number of carbonyl (C=O) groups excluding carboxylic acids is 1. The van der Waals surface area contributed by atoms with E-state index in [2.05, 4.69) is 29.1 Å². The van der Waals surface area contributed by atoms with E-state index in [1.54, 1.807) is 0 Å². The maximum absolute atomic E-state index is 13.2. The van der Waals surface area contributed by atoms with Crippen molar-refractivity contribution in [2.24, 2.45) is 11.7 Å². The summed E-state index contributed by atoms with van der Waals surface area (Å²) in [6, 6.07) is 24.7. The van der Waals surface area contributed by atoms with Crippen LogP contribution < -0.4 is 5.73 Å². The third kappa shape index (κ3) is 3.75. The van der Waals surface area contributed by atoms with E-state index in [1.807, 2.05) is 73.1 Å². The van der Waals surface area contributed by atoms with Gasteiger partial charge in [-0.1, -0.05) is 60.7 Å². The van der Waals surface area contributed by atoms with E-state index in [-0.39, 0.29) is 11.8 Å². The lowest BCUT2D eigenvalue weighted by Crippen LogP contribution is -2.48. The molecule has 0 saturated heterocycles. The Morgan fingerprint density at radius 3 is 2.07 bits per heavy atom. The molecule has 4 rings (SSSR count). The van der Waals surface area contributed by atoms with Crippen molar-refractivity contribution in [3.63, 3.8) is 0 Å². The molecular formula is C26H29N3O. The van der Waals surface area contributed by atoms with E-state index < -0.39 is 5.41 Å². The number of primary amides is 1. The van der Waals surface area contributed by atoms with Crippen molar-refractivity contribution in [2.75, 3.05) is 7.05 Å². The largest absolute Gasteiger partial charge is 0.369 e. The topological polar surface area (TPSA) is 59.2 Å². The second kappa shape index (κ2) is 8.80. The van der Waals surface area contributed by atoms with Gasteiger partial charge in [0.1, 0.15) is 5.41 Å². The first-order chi connectivity index (χ1) is 14.6. The number of hydrogen-bond acceptors (Lipinski definition) is 3. The Morgan fingerprint density at radius 1 is 0.967 bits per heavy atom. The van der Waals surface area contributed by atoms with Gasteiger partial charge in [-0.05, 0) is 61.1 Å². The van der Waals surface area contributed by atoms with Crippen LogP contribution in [0.3, 0.4) is 0 Å². The molecule has 1 fully saturated rings. The van der Waals surface area contributed by atoms with Crippen LogP contribution in [-0.4, -0.2) is 28.9 Å². The van der Waals surface area contributed by atoms with Crippen molar-refractivity contribution in [3.8, 4) is 0 Å². The zero-order valence-electron chi connectivity index (χ0n) is 17.4. The van der Waals surface area contributed by atoms with Gasteiger partial charge in [0, 0.05) is 25.0 Å². The molecule has 0 aliphatic heterocycles. The molecule has 1 saturated carbocycles. The SMILES string of the molecule is CN(Cc1ccncc1)C1CCC(C(C(N)=O)(c2ccccc2)c2ccccc2)C1. The first kappa shape index (κ1) is 20.3. The van der Waals surface area contributed by atoms with Gasteiger partial charge in [0.25, 0.3) is 0 Å². The Kier molecular flexibility index (Phi) is 5.96. The number of pyridine rings is 1. The molecule has 4 nitrogen and oxygen atoms in total. The van der Waals surface area contributed by atoms with Crippen LogP contribution in [0.25, 0.3) is 0 Å². The number of nitrogens with two attached hydrogens (primary N) is 1. The molecule has 1 aliphatic rings. The minimum Gasteiger partial charge on any atom is -0.369 e. The summed E-state index contributed by atoms with van der Waals surface area (Å²) in [7, 11) is 2.17. The molecular weight excluding hydrogens is 370 g/mol. The van der Waals surface area contributed by atoms with Gasteiger partial charge in [0.05, 0.1) is 0 Å². The zero-order valence-corrected chi connectivity index (χ0v) is 17.4. The number of hydrogen-bond donors (Lipinski definition) is 1. The summed E-state index contributed by atoms with van der Waals surface area (Å²) in [6.07, 6.45) is 6.64. The first-order valence-electron chi connectivity index (χ1n) is 10.6. The van der Waals surface area contributed by atoms with Gasteiger partial charge in [-0.2, -0.15) is 0 Å². The second-order valence-electron chi connectivity index (χ2n) is 8.34. The summed E-state index contributed by atoms with van der Waals surface area (Å²) in [5.41, 5.74) is 8.63. The summed E-state index contributed by atoms with van der Waals surface area (Å²) in [4.78, 5) is 19.7. The third-order valence-electron chi connectivity index (χ3n) is 6.67. The number of amides is 1. The monoisotopic (exact) mass is 399 g/mol. The van der Waals surface area contributed by atoms with E-state index >= 15 is 0 Å². The second-order valence-corrected chi connectivity index (χ2v) is 8.34. The van der Waals surface area contributed by atoms with Gasteiger partial charge in [-0.15, -0.1) is 0 Å². The molecule has 4 heteroatoms. The number of rotatable bonds is 7. The van der Waals surface area contributed by atoms with Crippen LogP contribution in [0.5, 0.6) is 0 Å². The Bertz CT molecular complexity index is 920. The predicted octanol–water partition coefficient (Wildman–Crippen LogP) is 4.15. The van der Waals surface area contributed by atoms with Crippen molar-refractivity contribution < 1.29 is 4.79 Å². The lowest BCUT2D eigenvalue weighted by molar-refractivity contribution is -0.123. The third-order valence-corrected chi connectivity index (χ3v) is 6.67. The number of nitrogens with zero attached hydrogens (tertiary/aromatic N) is 2. The van der Waals surface area contributed by atoms with E-state index in [0.717, 1.165) is 36.9 Å². The lowest BCUT2D eigenvalue weighted by Gasteiger charge is -2.38. The molecule has 1 aromatic heterocycles.